The predicted molar refractivity (Wildman–Crippen MR) is 68.7 cm³/mol. The molecule has 0 N–H and O–H groups in total. The number of hydrogen-bond acceptors (Lipinski definition) is 4. The molecule has 0 saturated carbocycles. The van der Waals surface area contributed by atoms with Gasteiger partial charge in [0.25, 0.3) is 5.91 Å². The van der Waals surface area contributed by atoms with Crippen LogP contribution in [0.15, 0.2) is 34.7 Å². The summed E-state index contributed by atoms with van der Waals surface area (Å²) in [6, 6.07) is 9.34. The number of aromatic nitrogens is 2. The van der Waals surface area contributed by atoms with Crippen molar-refractivity contribution in [3.05, 3.63) is 47.7 Å². The number of nitrogens with zero attached hydrogens (tertiary/aromatic N) is 3. The van der Waals surface area contributed by atoms with Gasteiger partial charge in [0.1, 0.15) is 0 Å². The first-order chi connectivity index (χ1) is 9.24. The number of amides is 1. The maximum atomic E-state index is 12.3. The minimum absolute atomic E-state index is 0.0688. The van der Waals surface area contributed by atoms with Crippen LogP contribution in [0.5, 0.6) is 0 Å². The Morgan fingerprint density at radius 3 is 2.79 bits per heavy atom. The van der Waals surface area contributed by atoms with Crippen LogP contribution in [0.4, 0.5) is 0 Å². The number of aryl methyl sites for hydroxylation is 1. The lowest BCUT2D eigenvalue weighted by molar-refractivity contribution is 0.0790. The standard InChI is InChI=1S/C14H15N3O2/c1-10-15-16-13(19-10)12-7-8-17(9-12)14(18)11-5-3-2-4-6-11/h2-6,12H,7-9H2,1H3. The van der Waals surface area contributed by atoms with Crippen LogP contribution in [-0.2, 0) is 0 Å². The van der Waals surface area contributed by atoms with Gasteiger partial charge in [-0.1, -0.05) is 18.2 Å². The minimum atomic E-state index is 0.0688. The Morgan fingerprint density at radius 1 is 1.32 bits per heavy atom. The fraction of sp³-hybridized carbons (Fsp3) is 0.357. The molecule has 1 aromatic heterocycles. The summed E-state index contributed by atoms with van der Waals surface area (Å²) in [6.07, 6.45) is 0.875. The van der Waals surface area contributed by atoms with Gasteiger partial charge in [-0.25, -0.2) is 0 Å². The van der Waals surface area contributed by atoms with Crippen molar-refractivity contribution in [1.82, 2.24) is 15.1 Å². The lowest BCUT2D eigenvalue weighted by Crippen LogP contribution is -2.28. The molecule has 1 aromatic carbocycles. The second-order valence-electron chi connectivity index (χ2n) is 4.76. The minimum Gasteiger partial charge on any atom is -0.425 e. The van der Waals surface area contributed by atoms with Crippen molar-refractivity contribution in [2.75, 3.05) is 13.1 Å². The maximum Gasteiger partial charge on any atom is 0.253 e. The van der Waals surface area contributed by atoms with Crippen LogP contribution in [-0.4, -0.2) is 34.1 Å². The van der Waals surface area contributed by atoms with Crippen molar-refractivity contribution in [2.45, 2.75) is 19.3 Å². The van der Waals surface area contributed by atoms with Crippen LogP contribution in [0, 0.1) is 6.92 Å². The molecule has 0 radical (unpaired) electrons. The number of carbonyl (C=O) groups is 1. The second kappa shape index (κ2) is 4.84. The van der Waals surface area contributed by atoms with Gasteiger partial charge in [0.2, 0.25) is 11.8 Å². The van der Waals surface area contributed by atoms with E-state index in [0.29, 0.717) is 18.3 Å². The fourth-order valence-electron chi connectivity index (χ4n) is 2.39. The Balaban J connectivity index is 1.71. The Bertz CT molecular complexity index is 579. The summed E-state index contributed by atoms with van der Waals surface area (Å²) in [6.45, 7) is 3.16. The summed E-state index contributed by atoms with van der Waals surface area (Å²) >= 11 is 0. The zero-order chi connectivity index (χ0) is 13.2. The zero-order valence-electron chi connectivity index (χ0n) is 10.7. The quantitative estimate of drug-likeness (QED) is 0.825. The summed E-state index contributed by atoms with van der Waals surface area (Å²) in [5, 5.41) is 7.88. The van der Waals surface area contributed by atoms with E-state index in [1.54, 1.807) is 6.92 Å². The highest BCUT2D eigenvalue weighted by atomic mass is 16.4. The summed E-state index contributed by atoms with van der Waals surface area (Å²) in [7, 11) is 0. The molecule has 19 heavy (non-hydrogen) atoms. The average Bonchev–Trinajstić information content (AvgIpc) is 3.07. The molecule has 0 bridgehead atoms. The molecule has 1 aliphatic rings. The summed E-state index contributed by atoms with van der Waals surface area (Å²) in [5.74, 6) is 1.44. The van der Waals surface area contributed by atoms with Gasteiger partial charge in [0.05, 0.1) is 5.92 Å². The lowest BCUT2D eigenvalue weighted by Gasteiger charge is -2.15. The van der Waals surface area contributed by atoms with E-state index in [1.165, 1.54) is 0 Å². The Labute approximate surface area is 111 Å². The maximum absolute atomic E-state index is 12.3. The van der Waals surface area contributed by atoms with Gasteiger partial charge < -0.3 is 9.32 Å². The van der Waals surface area contributed by atoms with Gasteiger partial charge in [-0.3, -0.25) is 4.79 Å². The average molecular weight is 257 g/mol. The highest BCUT2D eigenvalue weighted by molar-refractivity contribution is 5.94. The third kappa shape index (κ3) is 2.36. The van der Waals surface area contributed by atoms with Gasteiger partial charge >= 0.3 is 0 Å². The molecule has 1 saturated heterocycles. The summed E-state index contributed by atoms with van der Waals surface area (Å²) in [4.78, 5) is 14.1. The van der Waals surface area contributed by atoms with Gasteiger partial charge in [-0.05, 0) is 18.6 Å². The Kier molecular flexibility index (Phi) is 3.03. The number of likely N-dealkylation sites (tertiary alicyclic amines) is 1. The molecule has 1 amide bonds. The van der Waals surface area contributed by atoms with Crippen LogP contribution < -0.4 is 0 Å². The summed E-state index contributed by atoms with van der Waals surface area (Å²) < 4.78 is 5.44. The predicted octanol–water partition coefficient (Wildman–Crippen LogP) is 2.01. The van der Waals surface area contributed by atoms with Crippen LogP contribution >= 0.6 is 0 Å². The van der Waals surface area contributed by atoms with E-state index in [9.17, 15) is 4.79 Å². The molecule has 3 rings (SSSR count). The van der Waals surface area contributed by atoms with Crippen LogP contribution in [0.2, 0.25) is 0 Å². The second-order valence-corrected chi connectivity index (χ2v) is 4.76. The molecule has 0 aliphatic carbocycles. The fourth-order valence-corrected chi connectivity index (χ4v) is 2.39. The highest BCUT2D eigenvalue weighted by Gasteiger charge is 2.30. The first-order valence-electron chi connectivity index (χ1n) is 6.38. The SMILES string of the molecule is Cc1nnc(C2CCN(C(=O)c3ccccc3)C2)o1. The van der Waals surface area contributed by atoms with Crippen molar-refractivity contribution < 1.29 is 9.21 Å². The first-order valence-corrected chi connectivity index (χ1v) is 6.38. The molecular formula is C14H15N3O2. The molecule has 1 unspecified atom stereocenters. The Morgan fingerprint density at radius 2 is 2.11 bits per heavy atom. The van der Waals surface area contributed by atoms with Gasteiger partial charge in [0.15, 0.2) is 0 Å². The van der Waals surface area contributed by atoms with E-state index < -0.39 is 0 Å². The van der Waals surface area contributed by atoms with Crippen molar-refractivity contribution in [3.8, 4) is 0 Å². The van der Waals surface area contributed by atoms with E-state index in [4.69, 9.17) is 4.42 Å². The number of rotatable bonds is 2. The van der Waals surface area contributed by atoms with Crippen LogP contribution in [0.3, 0.4) is 0 Å². The normalized spacial score (nSPS) is 18.8. The van der Waals surface area contributed by atoms with Gasteiger partial charge in [0, 0.05) is 25.6 Å². The number of hydrogen-bond donors (Lipinski definition) is 0. The van der Waals surface area contributed by atoms with E-state index in [2.05, 4.69) is 10.2 Å². The molecule has 2 heterocycles. The third-order valence-corrected chi connectivity index (χ3v) is 3.39. The molecule has 5 heteroatoms. The Hall–Kier alpha value is -2.17. The van der Waals surface area contributed by atoms with E-state index in [-0.39, 0.29) is 11.8 Å². The first kappa shape index (κ1) is 11.9. The monoisotopic (exact) mass is 257 g/mol. The molecule has 98 valence electrons. The van der Waals surface area contributed by atoms with E-state index in [0.717, 1.165) is 18.5 Å². The lowest BCUT2D eigenvalue weighted by atomic mass is 10.1. The molecule has 1 atom stereocenters. The molecule has 1 aliphatic heterocycles. The summed E-state index contributed by atoms with van der Waals surface area (Å²) in [5.41, 5.74) is 0.727. The van der Waals surface area contributed by atoms with Gasteiger partial charge in [-0.15, -0.1) is 10.2 Å². The van der Waals surface area contributed by atoms with Crippen molar-refractivity contribution in [3.63, 3.8) is 0 Å². The molecular weight excluding hydrogens is 242 g/mol. The molecule has 0 spiro atoms. The number of carbonyl (C=O) groups excluding carboxylic acids is 1. The molecule has 2 aromatic rings. The zero-order valence-corrected chi connectivity index (χ0v) is 10.7. The smallest absolute Gasteiger partial charge is 0.253 e. The number of benzene rings is 1. The highest BCUT2D eigenvalue weighted by Crippen LogP contribution is 2.27. The van der Waals surface area contributed by atoms with Crippen molar-refractivity contribution in [2.24, 2.45) is 0 Å². The van der Waals surface area contributed by atoms with Crippen LogP contribution in [0.25, 0.3) is 0 Å². The topological polar surface area (TPSA) is 59.2 Å². The van der Waals surface area contributed by atoms with Crippen LogP contribution in [0.1, 0.15) is 34.5 Å². The van der Waals surface area contributed by atoms with Crippen molar-refractivity contribution in [1.29, 1.82) is 0 Å². The van der Waals surface area contributed by atoms with E-state index in [1.807, 2.05) is 35.2 Å². The molecule has 1 fully saturated rings. The van der Waals surface area contributed by atoms with Gasteiger partial charge in [-0.2, -0.15) is 0 Å². The largest absolute Gasteiger partial charge is 0.425 e. The van der Waals surface area contributed by atoms with Crippen molar-refractivity contribution >= 4 is 5.91 Å². The van der Waals surface area contributed by atoms with E-state index >= 15 is 0 Å². The third-order valence-electron chi connectivity index (χ3n) is 3.39. The molecule has 5 nitrogen and oxygen atoms in total.